The van der Waals surface area contributed by atoms with Gasteiger partial charge in [0.2, 0.25) is 0 Å². The van der Waals surface area contributed by atoms with E-state index < -0.39 is 40.5 Å². The smallest absolute Gasteiger partial charge is 0.379 e. The second kappa shape index (κ2) is 16.8. The summed E-state index contributed by atoms with van der Waals surface area (Å²) in [6, 6.07) is 0. The lowest BCUT2D eigenvalue weighted by molar-refractivity contribution is -0.161. The number of hydrogen-bond acceptors (Lipinski definition) is 9. The lowest BCUT2D eigenvalue weighted by Crippen LogP contribution is -2.32. The number of carbonyl (C=O) groups excluding carboxylic acids is 5. The van der Waals surface area contributed by atoms with Gasteiger partial charge >= 0.3 is 23.9 Å². The number of rotatable bonds is 17. The van der Waals surface area contributed by atoms with Crippen molar-refractivity contribution in [3.8, 4) is 0 Å². The minimum atomic E-state index is -0.992. The minimum Gasteiger partial charge on any atom is -0.462 e. The Balaban J connectivity index is 4.69. The molecule has 0 rings (SSSR count). The van der Waals surface area contributed by atoms with E-state index in [0.717, 1.165) is 16.7 Å². The summed E-state index contributed by atoms with van der Waals surface area (Å²) in [5.41, 5.74) is 1.70. The maximum atomic E-state index is 12.6. The van der Waals surface area contributed by atoms with Gasteiger partial charge in [0.15, 0.2) is 0 Å². The maximum Gasteiger partial charge on any atom is 0.379 e. The first-order valence-corrected chi connectivity index (χ1v) is 13.6. The van der Waals surface area contributed by atoms with Crippen LogP contribution in [0.2, 0.25) is 0 Å². The third kappa shape index (κ3) is 11.9. The molecule has 1 atom stereocenters. The van der Waals surface area contributed by atoms with E-state index in [4.69, 9.17) is 18.9 Å². The van der Waals surface area contributed by atoms with Crippen LogP contribution in [0, 0.1) is 10.8 Å². The monoisotopic (exact) mass is 564 g/mol. The van der Waals surface area contributed by atoms with Gasteiger partial charge in [0, 0.05) is 11.1 Å². The Morgan fingerprint density at radius 1 is 0.625 bits per heavy atom. The normalized spacial score (nSPS) is 13.2. The van der Waals surface area contributed by atoms with Crippen LogP contribution in [0.1, 0.15) is 94.9 Å². The highest BCUT2D eigenvalue weighted by Gasteiger charge is 2.35. The van der Waals surface area contributed by atoms with Crippen molar-refractivity contribution in [2.45, 2.75) is 94.9 Å². The summed E-state index contributed by atoms with van der Waals surface area (Å²) in [5, 5.41) is 0. The number of esters is 4. The summed E-state index contributed by atoms with van der Waals surface area (Å²) in [6.45, 7) is 20.8. The van der Waals surface area contributed by atoms with Crippen LogP contribution < -0.4 is 0 Å². The summed E-state index contributed by atoms with van der Waals surface area (Å²) in [7, 11) is 0. The standard InChI is InChI=1S/C31H48O9/c1-12-31(11,29(36)40-19-16-37-26(33)21(4)5)15-13-14-30(9,10)28(35)39-18-17-38-27(34)25(32)24(8)23(7)22(6)20(2)3/h4,12-19H2,1-3,5-11H3/b24-23+. The summed E-state index contributed by atoms with van der Waals surface area (Å²) >= 11 is 0. The zero-order valence-corrected chi connectivity index (χ0v) is 26.0. The van der Waals surface area contributed by atoms with Crippen LogP contribution in [0.3, 0.4) is 0 Å². The molecule has 40 heavy (non-hydrogen) atoms. The van der Waals surface area contributed by atoms with Gasteiger partial charge in [0.25, 0.3) is 5.78 Å². The van der Waals surface area contributed by atoms with Gasteiger partial charge < -0.3 is 18.9 Å². The van der Waals surface area contributed by atoms with Gasteiger partial charge in [0.1, 0.15) is 26.4 Å². The Bertz CT molecular complexity index is 1030. The molecular weight excluding hydrogens is 516 g/mol. The van der Waals surface area contributed by atoms with E-state index >= 15 is 0 Å². The Morgan fingerprint density at radius 2 is 1.10 bits per heavy atom. The van der Waals surface area contributed by atoms with Crippen molar-refractivity contribution < 1.29 is 42.9 Å². The fourth-order valence-electron chi connectivity index (χ4n) is 3.52. The van der Waals surface area contributed by atoms with Gasteiger partial charge in [-0.15, -0.1) is 0 Å². The first-order chi connectivity index (χ1) is 18.4. The van der Waals surface area contributed by atoms with Crippen LogP contribution in [0.25, 0.3) is 0 Å². The first kappa shape index (κ1) is 36.8. The minimum absolute atomic E-state index is 0.0496. The van der Waals surface area contributed by atoms with E-state index in [1.165, 1.54) is 6.92 Å². The van der Waals surface area contributed by atoms with E-state index in [0.29, 0.717) is 31.3 Å². The van der Waals surface area contributed by atoms with E-state index in [9.17, 15) is 24.0 Å². The average molecular weight is 565 g/mol. The molecule has 0 bridgehead atoms. The maximum absolute atomic E-state index is 12.6. The molecule has 0 aromatic rings. The molecule has 0 radical (unpaired) electrons. The summed E-state index contributed by atoms with van der Waals surface area (Å²) in [6.07, 6.45) is 2.04. The van der Waals surface area contributed by atoms with Gasteiger partial charge in [0.05, 0.1) is 10.8 Å². The predicted molar refractivity (Wildman–Crippen MR) is 152 cm³/mol. The molecule has 0 aliphatic carbocycles. The van der Waals surface area contributed by atoms with E-state index in [1.807, 2.05) is 27.7 Å². The van der Waals surface area contributed by atoms with Crippen LogP contribution in [-0.2, 0) is 42.9 Å². The Morgan fingerprint density at radius 3 is 1.57 bits per heavy atom. The lowest BCUT2D eigenvalue weighted by atomic mass is 9.79. The molecule has 0 aromatic carbocycles. The molecule has 0 heterocycles. The lowest BCUT2D eigenvalue weighted by Gasteiger charge is -2.28. The van der Waals surface area contributed by atoms with Crippen molar-refractivity contribution >= 4 is 29.7 Å². The Kier molecular flexibility index (Phi) is 15.4. The zero-order valence-electron chi connectivity index (χ0n) is 26.0. The molecule has 0 saturated heterocycles. The van der Waals surface area contributed by atoms with E-state index in [-0.39, 0.29) is 32.0 Å². The number of Topliss-reactive ketones (excluding diaryl/α,β-unsaturated/α-hetero) is 1. The topological polar surface area (TPSA) is 122 Å². The largest absolute Gasteiger partial charge is 0.462 e. The number of ketones is 1. The van der Waals surface area contributed by atoms with Crippen LogP contribution >= 0.6 is 0 Å². The first-order valence-electron chi connectivity index (χ1n) is 13.6. The third-order valence-corrected chi connectivity index (χ3v) is 7.20. The molecule has 0 aliphatic rings. The fraction of sp³-hybridized carbons (Fsp3) is 0.645. The van der Waals surface area contributed by atoms with Crippen molar-refractivity contribution in [2.75, 3.05) is 26.4 Å². The van der Waals surface area contributed by atoms with Crippen molar-refractivity contribution in [1.29, 1.82) is 0 Å². The molecule has 9 heteroatoms. The average Bonchev–Trinajstić information content (AvgIpc) is 2.90. The molecule has 226 valence electrons. The van der Waals surface area contributed by atoms with Crippen molar-refractivity contribution in [3.05, 3.63) is 34.4 Å². The van der Waals surface area contributed by atoms with Gasteiger partial charge in [-0.3, -0.25) is 14.4 Å². The number of ether oxygens (including phenoxy) is 4. The summed E-state index contributed by atoms with van der Waals surface area (Å²) < 4.78 is 20.5. The molecule has 0 saturated carbocycles. The number of hydrogen-bond donors (Lipinski definition) is 0. The molecule has 0 spiro atoms. The van der Waals surface area contributed by atoms with Crippen LogP contribution in [0.4, 0.5) is 0 Å². The molecular formula is C31H48O9. The van der Waals surface area contributed by atoms with Gasteiger partial charge in [-0.1, -0.05) is 25.5 Å². The van der Waals surface area contributed by atoms with Crippen LogP contribution in [0.15, 0.2) is 34.4 Å². The number of carbonyl (C=O) groups is 5. The SMILES string of the molecule is C=C(C)C(=O)OCCOC(=O)C(C)(CC)CCCC(C)(C)C(=O)OCCOC(=O)C(=O)/C(C)=C(\C)C(C)=C(C)C. The molecule has 9 nitrogen and oxygen atoms in total. The fourth-order valence-corrected chi connectivity index (χ4v) is 3.52. The molecule has 0 N–H and O–H groups in total. The van der Waals surface area contributed by atoms with Gasteiger partial charge in [-0.25, -0.2) is 9.59 Å². The Labute approximate surface area is 239 Å². The quantitative estimate of drug-likeness (QED) is 0.0554. The molecule has 0 aromatic heterocycles. The van der Waals surface area contributed by atoms with E-state index in [2.05, 4.69) is 6.58 Å². The van der Waals surface area contributed by atoms with Crippen molar-refractivity contribution in [2.24, 2.45) is 10.8 Å². The molecule has 1 unspecified atom stereocenters. The predicted octanol–water partition coefficient (Wildman–Crippen LogP) is 5.61. The van der Waals surface area contributed by atoms with Crippen LogP contribution in [-0.4, -0.2) is 56.1 Å². The molecule has 0 amide bonds. The number of allylic oxidation sites excluding steroid dienone is 3. The summed E-state index contributed by atoms with van der Waals surface area (Å²) in [5.74, 6) is -3.12. The second-order valence-corrected chi connectivity index (χ2v) is 11.2. The second-order valence-electron chi connectivity index (χ2n) is 11.2. The molecule has 0 aliphatic heterocycles. The third-order valence-electron chi connectivity index (χ3n) is 7.20. The highest BCUT2D eigenvalue weighted by atomic mass is 16.6. The summed E-state index contributed by atoms with van der Waals surface area (Å²) in [4.78, 5) is 61.2. The van der Waals surface area contributed by atoms with E-state index in [1.54, 1.807) is 34.6 Å². The highest BCUT2D eigenvalue weighted by Crippen LogP contribution is 2.33. The highest BCUT2D eigenvalue weighted by molar-refractivity contribution is 6.40. The molecule has 0 fully saturated rings. The van der Waals surface area contributed by atoms with Crippen molar-refractivity contribution in [1.82, 2.24) is 0 Å². The Hall–Kier alpha value is -3.23. The van der Waals surface area contributed by atoms with Gasteiger partial charge in [-0.05, 0) is 92.7 Å². The van der Waals surface area contributed by atoms with Crippen molar-refractivity contribution in [3.63, 3.8) is 0 Å². The van der Waals surface area contributed by atoms with Crippen LogP contribution in [0.5, 0.6) is 0 Å². The van der Waals surface area contributed by atoms with Gasteiger partial charge in [-0.2, -0.15) is 0 Å². The zero-order chi connectivity index (χ0) is 31.3.